The fraction of sp³-hybridized carbons (Fsp3) is 0.308. The number of nitrogens with zero attached hydrogens (tertiary/aromatic N) is 2. The molecule has 0 spiro atoms. The van der Waals surface area contributed by atoms with Gasteiger partial charge in [0.25, 0.3) is 5.91 Å². The van der Waals surface area contributed by atoms with Crippen molar-refractivity contribution in [1.29, 1.82) is 0 Å². The van der Waals surface area contributed by atoms with Crippen LogP contribution in [0.4, 0.5) is 10.5 Å². The van der Waals surface area contributed by atoms with E-state index in [4.69, 9.17) is 9.84 Å². The number of hydrogen-bond acceptors (Lipinski definition) is 5. The molecule has 0 radical (unpaired) electrons. The molecule has 1 heterocycles. The molecule has 1 aliphatic carbocycles. The first-order valence-corrected chi connectivity index (χ1v) is 11.5. The van der Waals surface area contributed by atoms with Crippen LogP contribution < -0.4 is 10.6 Å². The van der Waals surface area contributed by atoms with E-state index in [9.17, 15) is 14.4 Å². The Kier molecular flexibility index (Phi) is 7.14. The Morgan fingerprint density at radius 3 is 2.34 bits per heavy atom. The number of fused-ring (bicyclic) bond motifs is 3. The first-order valence-electron chi connectivity index (χ1n) is 11.5. The van der Waals surface area contributed by atoms with Crippen LogP contribution in [0, 0.1) is 0 Å². The molecule has 0 fully saturated rings. The lowest BCUT2D eigenvalue weighted by molar-refractivity contribution is -0.137. The first-order chi connectivity index (χ1) is 16.8. The number of aromatic nitrogens is 2. The van der Waals surface area contributed by atoms with Crippen molar-refractivity contribution in [3.63, 3.8) is 0 Å². The average Bonchev–Trinajstić information content (AvgIpc) is 3.34. The predicted molar refractivity (Wildman–Crippen MR) is 130 cm³/mol. The number of amides is 2. The van der Waals surface area contributed by atoms with Crippen molar-refractivity contribution in [2.24, 2.45) is 7.05 Å². The van der Waals surface area contributed by atoms with Gasteiger partial charge in [-0.1, -0.05) is 48.5 Å². The third kappa shape index (κ3) is 5.51. The minimum absolute atomic E-state index is 0.0401. The van der Waals surface area contributed by atoms with Crippen LogP contribution in [0.5, 0.6) is 0 Å². The predicted octanol–water partition coefficient (Wildman–Crippen LogP) is 4.15. The zero-order valence-corrected chi connectivity index (χ0v) is 19.7. The summed E-state index contributed by atoms with van der Waals surface area (Å²) in [6, 6.07) is 15.9. The van der Waals surface area contributed by atoms with Gasteiger partial charge in [-0.2, -0.15) is 5.10 Å². The summed E-state index contributed by atoms with van der Waals surface area (Å²) in [5, 5.41) is 18.4. The molecular formula is C26H28N4O5. The maximum atomic E-state index is 12.7. The number of hydrogen-bond donors (Lipinski definition) is 3. The molecule has 9 heteroatoms. The van der Waals surface area contributed by atoms with E-state index in [1.54, 1.807) is 14.0 Å². The number of aliphatic carboxylic acids is 1. The SMILES string of the molecule is CC(CCCC(=O)O)NC(=O)c1nn(C)cc1NC(=O)OCC1c2ccccc2-c2ccccc21. The standard InChI is InChI=1S/C26H28N4O5/c1-16(8-7-13-23(31)32)27-25(33)24-22(14-30(2)29-24)28-26(34)35-15-21-19-11-5-3-9-17(19)18-10-4-6-12-20(18)21/h3-6,9-12,14,16,21H,7-8,13,15H2,1-2H3,(H,27,33)(H,28,34)(H,31,32). The van der Waals surface area contributed by atoms with Gasteiger partial charge in [-0.15, -0.1) is 0 Å². The van der Waals surface area contributed by atoms with Gasteiger partial charge in [0.05, 0.1) is 5.69 Å². The second kappa shape index (κ2) is 10.4. The van der Waals surface area contributed by atoms with Crippen molar-refractivity contribution >= 4 is 23.7 Å². The normalized spacial score (nSPS) is 13.0. The number of carboxylic acid groups (broad SMARTS) is 1. The minimum Gasteiger partial charge on any atom is -0.481 e. The number of aryl methyl sites for hydroxylation is 1. The van der Waals surface area contributed by atoms with E-state index >= 15 is 0 Å². The monoisotopic (exact) mass is 476 g/mol. The quantitative estimate of drug-likeness (QED) is 0.426. The Balaban J connectivity index is 1.38. The number of rotatable bonds is 9. The summed E-state index contributed by atoms with van der Waals surface area (Å²) in [6.07, 6.45) is 1.86. The molecule has 0 saturated heterocycles. The summed E-state index contributed by atoms with van der Waals surface area (Å²) in [7, 11) is 1.65. The van der Waals surface area contributed by atoms with E-state index in [2.05, 4.69) is 27.9 Å². The molecule has 2 aromatic carbocycles. The number of carbonyl (C=O) groups excluding carboxylic acids is 2. The molecule has 1 unspecified atom stereocenters. The summed E-state index contributed by atoms with van der Waals surface area (Å²) in [5.74, 6) is -1.40. The molecule has 3 aromatic rings. The number of nitrogens with one attached hydrogen (secondary N) is 2. The fourth-order valence-corrected chi connectivity index (χ4v) is 4.42. The molecular weight excluding hydrogens is 448 g/mol. The smallest absolute Gasteiger partial charge is 0.411 e. The number of ether oxygens (including phenoxy) is 1. The Morgan fingerprint density at radius 2 is 1.71 bits per heavy atom. The van der Waals surface area contributed by atoms with Gasteiger partial charge in [0, 0.05) is 31.6 Å². The molecule has 0 bridgehead atoms. The molecule has 9 nitrogen and oxygen atoms in total. The van der Waals surface area contributed by atoms with E-state index in [1.165, 1.54) is 10.9 Å². The topological polar surface area (TPSA) is 123 Å². The maximum absolute atomic E-state index is 12.7. The van der Waals surface area contributed by atoms with Crippen molar-refractivity contribution in [1.82, 2.24) is 15.1 Å². The fourth-order valence-electron chi connectivity index (χ4n) is 4.42. The molecule has 1 atom stereocenters. The summed E-state index contributed by atoms with van der Waals surface area (Å²) in [6.45, 7) is 1.95. The lowest BCUT2D eigenvalue weighted by Crippen LogP contribution is -2.33. The van der Waals surface area contributed by atoms with Crippen molar-refractivity contribution < 1.29 is 24.2 Å². The Morgan fingerprint density at radius 1 is 1.09 bits per heavy atom. The molecule has 35 heavy (non-hydrogen) atoms. The first kappa shape index (κ1) is 24.0. The third-order valence-corrected chi connectivity index (χ3v) is 6.03. The Hall–Kier alpha value is -4.14. The van der Waals surface area contributed by atoms with E-state index in [1.807, 2.05) is 36.4 Å². The van der Waals surface area contributed by atoms with Crippen LogP contribution in [0.3, 0.4) is 0 Å². The van der Waals surface area contributed by atoms with Crippen molar-refractivity contribution in [3.8, 4) is 11.1 Å². The average molecular weight is 477 g/mol. The summed E-state index contributed by atoms with van der Waals surface area (Å²) in [5.41, 5.74) is 4.80. The molecule has 2 amide bonds. The van der Waals surface area contributed by atoms with Gasteiger partial charge < -0.3 is 15.2 Å². The minimum atomic E-state index is -0.872. The summed E-state index contributed by atoms with van der Waals surface area (Å²) < 4.78 is 7.00. The molecule has 1 aliphatic rings. The zero-order valence-electron chi connectivity index (χ0n) is 19.7. The van der Waals surface area contributed by atoms with Gasteiger partial charge in [0.2, 0.25) is 0 Å². The molecule has 3 N–H and O–H groups in total. The van der Waals surface area contributed by atoms with Crippen LogP contribution in [0.1, 0.15) is 53.7 Å². The van der Waals surface area contributed by atoms with Crippen molar-refractivity contribution in [2.45, 2.75) is 38.1 Å². The van der Waals surface area contributed by atoms with Gasteiger partial charge in [-0.05, 0) is 42.0 Å². The zero-order chi connectivity index (χ0) is 24.9. The maximum Gasteiger partial charge on any atom is 0.411 e. The van der Waals surface area contributed by atoms with Crippen LogP contribution in [0.25, 0.3) is 11.1 Å². The molecule has 1 aromatic heterocycles. The van der Waals surface area contributed by atoms with Gasteiger partial charge >= 0.3 is 12.1 Å². The van der Waals surface area contributed by atoms with Crippen molar-refractivity contribution in [2.75, 3.05) is 11.9 Å². The summed E-state index contributed by atoms with van der Waals surface area (Å²) in [4.78, 5) is 36.0. The number of carboxylic acids is 1. The number of anilines is 1. The molecule has 182 valence electrons. The van der Waals surface area contributed by atoms with Gasteiger partial charge in [0.15, 0.2) is 5.69 Å². The Bertz CT molecular complexity index is 1210. The van der Waals surface area contributed by atoms with E-state index in [0.29, 0.717) is 12.8 Å². The highest BCUT2D eigenvalue weighted by Gasteiger charge is 2.29. The number of benzene rings is 2. The Labute approximate surface area is 203 Å². The lowest BCUT2D eigenvalue weighted by Gasteiger charge is -2.15. The lowest BCUT2D eigenvalue weighted by atomic mass is 9.98. The second-order valence-corrected chi connectivity index (χ2v) is 8.68. The van der Waals surface area contributed by atoms with Gasteiger partial charge in [0.1, 0.15) is 6.61 Å². The largest absolute Gasteiger partial charge is 0.481 e. The second-order valence-electron chi connectivity index (χ2n) is 8.68. The van der Waals surface area contributed by atoms with Crippen LogP contribution in [-0.4, -0.2) is 45.5 Å². The third-order valence-electron chi connectivity index (χ3n) is 6.03. The highest BCUT2D eigenvalue weighted by Crippen LogP contribution is 2.44. The van der Waals surface area contributed by atoms with Crippen molar-refractivity contribution in [3.05, 3.63) is 71.5 Å². The highest BCUT2D eigenvalue weighted by atomic mass is 16.5. The van der Waals surface area contributed by atoms with Crippen LogP contribution in [-0.2, 0) is 16.6 Å². The van der Waals surface area contributed by atoms with Crippen LogP contribution >= 0.6 is 0 Å². The van der Waals surface area contributed by atoms with E-state index in [-0.39, 0.29) is 36.4 Å². The van der Waals surface area contributed by atoms with Gasteiger partial charge in [-0.3, -0.25) is 19.6 Å². The van der Waals surface area contributed by atoms with Crippen LogP contribution in [0.15, 0.2) is 54.7 Å². The molecule has 0 aliphatic heterocycles. The number of carbonyl (C=O) groups is 3. The highest BCUT2D eigenvalue weighted by molar-refractivity contribution is 6.01. The van der Waals surface area contributed by atoms with Crippen LogP contribution in [0.2, 0.25) is 0 Å². The van der Waals surface area contributed by atoms with E-state index < -0.39 is 18.0 Å². The molecule has 0 saturated carbocycles. The summed E-state index contributed by atoms with van der Waals surface area (Å²) >= 11 is 0. The van der Waals surface area contributed by atoms with Gasteiger partial charge in [-0.25, -0.2) is 4.79 Å². The van der Waals surface area contributed by atoms with E-state index in [0.717, 1.165) is 22.3 Å². The molecule has 4 rings (SSSR count).